The molecule has 14 nitrogen and oxygen atoms in total. The van der Waals surface area contributed by atoms with Crippen LogP contribution in [0.3, 0.4) is 0 Å². The van der Waals surface area contributed by atoms with Crippen LogP contribution in [0.5, 0.6) is 0 Å². The first kappa shape index (κ1) is 48.7. The quantitative estimate of drug-likeness (QED) is 0.0382. The molecule has 5 aromatic rings. The van der Waals surface area contributed by atoms with Crippen molar-refractivity contribution in [1.29, 1.82) is 0 Å². The highest BCUT2D eigenvalue weighted by Gasteiger charge is 2.27. The molecule has 18 heteroatoms. The Hall–Kier alpha value is -6.32. The third-order valence-corrected chi connectivity index (χ3v) is 10.9. The largest absolute Gasteiger partial charge is 0.323 e. The predicted octanol–water partition coefficient (Wildman–Crippen LogP) is 11.5. The van der Waals surface area contributed by atoms with E-state index in [-0.39, 0.29) is 32.5 Å². The normalized spacial score (nSPS) is 12.1. The zero-order chi connectivity index (χ0) is 46.5. The minimum atomic E-state index is -1.58. The van der Waals surface area contributed by atoms with E-state index < -0.39 is 47.3 Å². The fourth-order valence-corrected chi connectivity index (χ4v) is 6.90. The standard InChI is InChI=1S/C46H42Cl4N8O6/c1-5-33-34(6-2)38(54-46(64)42(26(4)60)58-56-40-22-30(12-18-36(40)50)44(62)52-32-15-9-28(24-48)10-16-32)20-19-37(33)53-45(63)41(25(3)59)57-55-39-21-29(11-17-35(39)49)43(61)51-31-13-7-27(23-47)8-14-31/h7-22,41-42H,5-6,23-24H2,1-4H3,(H,51,61)(H,52,62)(H,53,63)(H,54,64). The number of hydrogen-bond donors (Lipinski definition) is 4. The lowest BCUT2D eigenvalue weighted by Crippen LogP contribution is -2.33. The number of carbonyl (C=O) groups excluding carboxylic acids is 6. The van der Waals surface area contributed by atoms with Gasteiger partial charge >= 0.3 is 0 Å². The number of azo groups is 2. The van der Waals surface area contributed by atoms with E-state index >= 15 is 0 Å². The summed E-state index contributed by atoms with van der Waals surface area (Å²) in [7, 11) is 0. The van der Waals surface area contributed by atoms with Gasteiger partial charge in [-0.15, -0.1) is 23.2 Å². The van der Waals surface area contributed by atoms with Crippen molar-refractivity contribution in [3.8, 4) is 0 Å². The van der Waals surface area contributed by atoms with Crippen LogP contribution in [0.25, 0.3) is 0 Å². The number of hydrogen-bond acceptors (Lipinski definition) is 10. The number of anilines is 4. The van der Waals surface area contributed by atoms with Crippen molar-refractivity contribution in [2.24, 2.45) is 20.5 Å². The third-order valence-electron chi connectivity index (χ3n) is 9.63. The molecule has 5 aromatic carbocycles. The highest BCUT2D eigenvalue weighted by Crippen LogP contribution is 2.32. The Labute approximate surface area is 389 Å². The Kier molecular flexibility index (Phi) is 17.4. The van der Waals surface area contributed by atoms with E-state index in [9.17, 15) is 28.8 Å². The molecule has 0 aliphatic heterocycles. The minimum Gasteiger partial charge on any atom is -0.323 e. The predicted molar refractivity (Wildman–Crippen MR) is 251 cm³/mol. The van der Waals surface area contributed by atoms with Gasteiger partial charge in [0.25, 0.3) is 23.6 Å². The molecule has 0 aliphatic carbocycles. The molecule has 2 atom stereocenters. The summed E-state index contributed by atoms with van der Waals surface area (Å²) in [6.07, 6.45) is 0.792. The lowest BCUT2D eigenvalue weighted by molar-refractivity contribution is -0.127. The minimum absolute atomic E-state index is 0.0572. The summed E-state index contributed by atoms with van der Waals surface area (Å²) >= 11 is 24.4. The molecule has 64 heavy (non-hydrogen) atoms. The molecule has 4 N–H and O–H groups in total. The van der Waals surface area contributed by atoms with Crippen LogP contribution >= 0.6 is 46.4 Å². The summed E-state index contributed by atoms with van der Waals surface area (Å²) in [6, 6.07) is 22.6. The number of alkyl halides is 2. The number of benzene rings is 5. The summed E-state index contributed by atoms with van der Waals surface area (Å²) in [5.74, 6) is -3.03. The van der Waals surface area contributed by atoms with Crippen molar-refractivity contribution >= 4 is 116 Å². The molecular weight excluding hydrogens is 902 g/mol. The van der Waals surface area contributed by atoms with Crippen LogP contribution < -0.4 is 21.3 Å². The van der Waals surface area contributed by atoms with E-state index in [1.165, 1.54) is 50.2 Å². The summed E-state index contributed by atoms with van der Waals surface area (Å²) in [6.45, 7) is 6.07. The van der Waals surface area contributed by atoms with Crippen LogP contribution in [0.1, 0.15) is 70.7 Å². The van der Waals surface area contributed by atoms with Gasteiger partial charge in [-0.3, -0.25) is 28.8 Å². The first-order valence-corrected chi connectivity index (χ1v) is 21.6. The fraction of sp³-hybridized carbons (Fsp3) is 0.217. The first-order valence-electron chi connectivity index (χ1n) is 19.8. The maximum atomic E-state index is 13.6. The Morgan fingerprint density at radius 1 is 0.516 bits per heavy atom. The number of halogens is 4. The summed E-state index contributed by atoms with van der Waals surface area (Å²) in [5.41, 5.74) is 5.38. The smallest absolute Gasteiger partial charge is 0.258 e. The van der Waals surface area contributed by atoms with Gasteiger partial charge in [-0.25, -0.2) is 0 Å². The summed E-state index contributed by atoms with van der Waals surface area (Å²) in [5, 5.41) is 27.5. The zero-order valence-electron chi connectivity index (χ0n) is 35.0. The molecule has 0 radical (unpaired) electrons. The molecule has 2 unspecified atom stereocenters. The SMILES string of the molecule is CCc1c(NC(=O)C(N=Nc2cc(C(=O)Nc3ccc(CCl)cc3)ccc2Cl)C(C)=O)ccc(NC(=O)C(N=Nc2cc(C(=O)Nc3ccc(CCl)cc3)ccc2Cl)C(C)=O)c1CC. The molecule has 0 aliphatic rings. The van der Waals surface area contributed by atoms with Crippen LogP contribution in [-0.2, 0) is 43.8 Å². The molecule has 0 bridgehead atoms. The van der Waals surface area contributed by atoms with Crippen molar-refractivity contribution < 1.29 is 28.8 Å². The molecule has 0 saturated carbocycles. The second kappa shape index (κ2) is 22.9. The molecule has 0 fully saturated rings. The van der Waals surface area contributed by atoms with Crippen LogP contribution in [0.4, 0.5) is 34.1 Å². The number of nitrogens with one attached hydrogen (secondary N) is 4. The topological polar surface area (TPSA) is 200 Å². The van der Waals surface area contributed by atoms with Gasteiger partial charge < -0.3 is 21.3 Å². The Morgan fingerprint density at radius 3 is 1.19 bits per heavy atom. The van der Waals surface area contributed by atoms with Gasteiger partial charge in [0.15, 0.2) is 11.6 Å². The van der Waals surface area contributed by atoms with Crippen molar-refractivity contribution in [2.75, 3.05) is 21.3 Å². The fourth-order valence-electron chi connectivity index (χ4n) is 6.24. The lowest BCUT2D eigenvalue weighted by Gasteiger charge is -2.20. The Morgan fingerprint density at radius 2 is 0.875 bits per heavy atom. The van der Waals surface area contributed by atoms with E-state index in [1.54, 1.807) is 60.7 Å². The number of carbonyl (C=O) groups is 6. The molecule has 0 heterocycles. The zero-order valence-corrected chi connectivity index (χ0v) is 38.0. The molecule has 5 rings (SSSR count). The van der Waals surface area contributed by atoms with Crippen molar-refractivity contribution in [3.63, 3.8) is 0 Å². The maximum Gasteiger partial charge on any atom is 0.258 e. The number of Topliss-reactive ketones (excluding diaryl/α,β-unsaturated/α-hetero) is 2. The Bertz CT molecular complexity index is 2460. The average Bonchev–Trinajstić information content (AvgIpc) is 3.28. The number of amides is 4. The molecule has 330 valence electrons. The van der Waals surface area contributed by atoms with Gasteiger partial charge in [-0.2, -0.15) is 20.5 Å². The van der Waals surface area contributed by atoms with Gasteiger partial charge in [0.05, 0.1) is 10.0 Å². The lowest BCUT2D eigenvalue weighted by atomic mass is 9.98. The van der Waals surface area contributed by atoms with Gasteiger partial charge in [0, 0.05) is 45.6 Å². The Balaban J connectivity index is 1.30. The molecule has 0 spiro atoms. The monoisotopic (exact) mass is 942 g/mol. The van der Waals surface area contributed by atoms with Crippen LogP contribution in [0, 0.1) is 0 Å². The maximum absolute atomic E-state index is 13.6. The number of rotatable bonds is 18. The van der Waals surface area contributed by atoms with Gasteiger partial charge in [-0.05, 0) is 122 Å². The number of ketones is 2. The second-order valence-corrected chi connectivity index (χ2v) is 15.5. The van der Waals surface area contributed by atoms with E-state index in [4.69, 9.17) is 46.4 Å². The van der Waals surface area contributed by atoms with Crippen LogP contribution in [0.2, 0.25) is 10.0 Å². The third kappa shape index (κ3) is 12.7. The summed E-state index contributed by atoms with van der Waals surface area (Å²) in [4.78, 5) is 78.6. The first-order chi connectivity index (χ1) is 30.6. The highest BCUT2D eigenvalue weighted by atomic mass is 35.5. The van der Waals surface area contributed by atoms with E-state index in [1.807, 2.05) is 13.8 Å². The molecular formula is C46H42Cl4N8O6. The molecule has 4 amide bonds. The van der Waals surface area contributed by atoms with E-state index in [0.717, 1.165) is 11.1 Å². The van der Waals surface area contributed by atoms with Gasteiger partial charge in [0.2, 0.25) is 12.1 Å². The van der Waals surface area contributed by atoms with Crippen molar-refractivity contribution in [2.45, 2.75) is 64.4 Å². The van der Waals surface area contributed by atoms with Crippen LogP contribution in [0.15, 0.2) is 118 Å². The number of nitrogens with zero attached hydrogens (tertiary/aromatic N) is 4. The van der Waals surface area contributed by atoms with E-state index in [0.29, 0.717) is 58.5 Å². The van der Waals surface area contributed by atoms with Crippen LogP contribution in [-0.4, -0.2) is 47.3 Å². The van der Waals surface area contributed by atoms with Crippen molar-refractivity contribution in [1.82, 2.24) is 0 Å². The van der Waals surface area contributed by atoms with Crippen molar-refractivity contribution in [3.05, 3.63) is 140 Å². The van der Waals surface area contributed by atoms with Gasteiger partial charge in [-0.1, -0.05) is 61.3 Å². The molecule has 0 aromatic heterocycles. The van der Waals surface area contributed by atoms with Gasteiger partial charge in [0.1, 0.15) is 11.4 Å². The highest BCUT2D eigenvalue weighted by molar-refractivity contribution is 6.33. The average molecular weight is 945 g/mol. The summed E-state index contributed by atoms with van der Waals surface area (Å²) < 4.78 is 0. The van der Waals surface area contributed by atoms with E-state index in [2.05, 4.69) is 41.7 Å². The second-order valence-electron chi connectivity index (χ2n) is 14.2. The molecule has 0 saturated heterocycles.